The molecular weight excluding hydrogens is 406 g/mol. The predicted molar refractivity (Wildman–Crippen MR) is 120 cm³/mol. The molecule has 9 heteroatoms. The van der Waals surface area contributed by atoms with Crippen LogP contribution in [0.2, 0.25) is 36.3 Å². The number of nitrogens with zero attached hydrogens (tertiary/aromatic N) is 1. The first-order chi connectivity index (χ1) is 12.9. The summed E-state index contributed by atoms with van der Waals surface area (Å²) in [5.41, 5.74) is 0. The summed E-state index contributed by atoms with van der Waals surface area (Å²) in [7, 11) is -1.81. The first kappa shape index (κ1) is 28.3. The Kier molecular flexibility index (Phi) is 10.3. The van der Waals surface area contributed by atoms with E-state index in [2.05, 4.69) is 67.7 Å². The molecule has 0 aliphatic rings. The standard InChI is InChI=1S/C20H43NO6Si2/c1-19(2,3)28(9,10)26-21(27-29(11,12)20(4,5)6)16(15-18(23)25-8)13-14-17(22)24-7/h16H,13-15H2,1-12H3. The van der Waals surface area contributed by atoms with Crippen LogP contribution in [0.3, 0.4) is 0 Å². The zero-order valence-corrected chi connectivity index (χ0v) is 22.6. The molecule has 0 fully saturated rings. The summed E-state index contributed by atoms with van der Waals surface area (Å²) in [4.78, 5) is 23.9. The molecule has 0 aromatic rings. The fraction of sp³-hybridized carbons (Fsp3) is 0.900. The molecular formula is C20H43NO6Si2. The molecule has 0 aliphatic carbocycles. The zero-order chi connectivity index (χ0) is 23.3. The van der Waals surface area contributed by atoms with Gasteiger partial charge >= 0.3 is 11.9 Å². The van der Waals surface area contributed by atoms with Crippen LogP contribution in [0.4, 0.5) is 0 Å². The molecule has 0 N–H and O–H groups in total. The third kappa shape index (κ3) is 8.88. The Labute approximate surface area is 179 Å². The number of ether oxygens (including phenoxy) is 2. The minimum absolute atomic E-state index is 0.0554. The lowest BCUT2D eigenvalue weighted by molar-refractivity contribution is -0.303. The van der Waals surface area contributed by atoms with Crippen molar-refractivity contribution in [2.24, 2.45) is 0 Å². The summed E-state index contributed by atoms with van der Waals surface area (Å²) in [5, 5.41) is 1.43. The van der Waals surface area contributed by atoms with Crippen molar-refractivity contribution < 1.29 is 28.1 Å². The van der Waals surface area contributed by atoms with E-state index in [9.17, 15) is 9.59 Å². The van der Waals surface area contributed by atoms with E-state index in [1.165, 1.54) is 19.4 Å². The van der Waals surface area contributed by atoms with Gasteiger partial charge in [-0.05, 0) is 42.7 Å². The van der Waals surface area contributed by atoms with E-state index in [0.717, 1.165) is 0 Å². The Bertz CT molecular complexity index is 524. The molecule has 0 saturated carbocycles. The molecule has 0 heterocycles. The highest BCUT2D eigenvalue weighted by molar-refractivity contribution is 6.74. The van der Waals surface area contributed by atoms with Crippen LogP contribution in [0.5, 0.6) is 0 Å². The van der Waals surface area contributed by atoms with Crippen LogP contribution in [-0.2, 0) is 28.1 Å². The van der Waals surface area contributed by atoms with Crippen LogP contribution in [0.1, 0.15) is 60.8 Å². The van der Waals surface area contributed by atoms with Crippen molar-refractivity contribution in [3.8, 4) is 0 Å². The number of hydroxylamine groups is 2. The lowest BCUT2D eigenvalue weighted by Crippen LogP contribution is -2.55. The first-order valence-corrected chi connectivity index (χ1v) is 16.0. The van der Waals surface area contributed by atoms with Crippen molar-refractivity contribution in [2.75, 3.05) is 14.2 Å². The lowest BCUT2D eigenvalue weighted by Gasteiger charge is -2.46. The highest BCUT2D eigenvalue weighted by atomic mass is 28.4. The number of hydrogen-bond acceptors (Lipinski definition) is 7. The molecule has 1 unspecified atom stereocenters. The molecule has 0 radical (unpaired) electrons. The van der Waals surface area contributed by atoms with Gasteiger partial charge in [-0.15, -0.1) is 0 Å². The number of rotatable bonds is 10. The monoisotopic (exact) mass is 449 g/mol. The van der Waals surface area contributed by atoms with E-state index in [0.29, 0.717) is 6.42 Å². The highest BCUT2D eigenvalue weighted by Crippen LogP contribution is 2.41. The molecule has 172 valence electrons. The quantitative estimate of drug-likeness (QED) is 0.262. The molecule has 0 rings (SSSR count). The van der Waals surface area contributed by atoms with E-state index in [1.807, 2.05) is 0 Å². The molecule has 0 spiro atoms. The lowest BCUT2D eigenvalue weighted by atomic mass is 10.1. The third-order valence-corrected chi connectivity index (χ3v) is 14.6. The molecule has 29 heavy (non-hydrogen) atoms. The molecule has 1 atom stereocenters. The molecule has 0 aliphatic heterocycles. The van der Waals surface area contributed by atoms with Gasteiger partial charge in [0.15, 0.2) is 0 Å². The maximum Gasteiger partial charge on any atom is 0.307 e. The van der Waals surface area contributed by atoms with Gasteiger partial charge in [-0.25, -0.2) is 0 Å². The Hall–Kier alpha value is -0.746. The number of methoxy groups -OCH3 is 2. The summed E-state index contributed by atoms with van der Waals surface area (Å²) in [6.45, 7) is 21.4. The van der Waals surface area contributed by atoms with Gasteiger partial charge in [-0.1, -0.05) is 46.8 Å². The van der Waals surface area contributed by atoms with Gasteiger partial charge in [-0.3, -0.25) is 9.59 Å². The van der Waals surface area contributed by atoms with Crippen molar-refractivity contribution in [1.82, 2.24) is 5.23 Å². The van der Waals surface area contributed by atoms with Gasteiger partial charge in [0.05, 0.1) is 26.7 Å². The molecule has 0 amide bonds. The molecule has 0 bridgehead atoms. The predicted octanol–water partition coefficient (Wildman–Crippen LogP) is 5.05. The molecule has 0 aromatic heterocycles. The van der Waals surface area contributed by atoms with Gasteiger partial charge in [0.2, 0.25) is 16.6 Å². The van der Waals surface area contributed by atoms with Crippen LogP contribution >= 0.6 is 0 Å². The van der Waals surface area contributed by atoms with E-state index >= 15 is 0 Å². The average Bonchev–Trinajstić information content (AvgIpc) is 2.54. The van der Waals surface area contributed by atoms with Crippen molar-refractivity contribution in [3.63, 3.8) is 0 Å². The smallest absolute Gasteiger partial charge is 0.307 e. The van der Waals surface area contributed by atoms with Gasteiger partial charge in [0.1, 0.15) is 0 Å². The van der Waals surface area contributed by atoms with Crippen LogP contribution in [0, 0.1) is 0 Å². The van der Waals surface area contributed by atoms with Crippen LogP contribution < -0.4 is 0 Å². The fourth-order valence-corrected chi connectivity index (χ4v) is 3.73. The van der Waals surface area contributed by atoms with Crippen LogP contribution in [0.25, 0.3) is 0 Å². The minimum Gasteiger partial charge on any atom is -0.469 e. The largest absolute Gasteiger partial charge is 0.469 e. The van der Waals surface area contributed by atoms with Crippen molar-refractivity contribution in [2.45, 2.75) is 103 Å². The minimum atomic E-state index is -2.26. The van der Waals surface area contributed by atoms with Crippen molar-refractivity contribution in [1.29, 1.82) is 0 Å². The number of carbonyl (C=O) groups is 2. The average molecular weight is 450 g/mol. The Balaban J connectivity index is 5.98. The molecule has 0 saturated heterocycles. The SMILES string of the molecule is COC(=O)CCC(CC(=O)OC)N(O[Si](C)(C)C(C)(C)C)O[Si](C)(C)C(C)(C)C. The summed E-state index contributed by atoms with van der Waals surface area (Å²) < 4.78 is 22.7. The highest BCUT2D eigenvalue weighted by Gasteiger charge is 2.46. The van der Waals surface area contributed by atoms with E-state index in [-0.39, 0.29) is 34.9 Å². The second-order valence-corrected chi connectivity index (χ2v) is 19.9. The normalized spacial score (nSPS) is 14.7. The number of hydrogen-bond donors (Lipinski definition) is 0. The Morgan fingerprint density at radius 1 is 0.793 bits per heavy atom. The van der Waals surface area contributed by atoms with Gasteiger partial charge in [0.25, 0.3) is 0 Å². The second kappa shape index (κ2) is 10.5. The number of carbonyl (C=O) groups excluding carboxylic acids is 2. The van der Waals surface area contributed by atoms with Crippen molar-refractivity contribution in [3.05, 3.63) is 0 Å². The third-order valence-electron chi connectivity index (χ3n) is 6.09. The summed E-state index contributed by atoms with van der Waals surface area (Å²) in [5.74, 6) is -0.706. The molecule has 7 nitrogen and oxygen atoms in total. The Morgan fingerprint density at radius 2 is 1.17 bits per heavy atom. The zero-order valence-electron chi connectivity index (χ0n) is 20.6. The maximum atomic E-state index is 12.1. The fourth-order valence-electron chi connectivity index (χ4n) is 1.84. The van der Waals surface area contributed by atoms with Gasteiger partial charge in [0, 0.05) is 6.42 Å². The van der Waals surface area contributed by atoms with Gasteiger partial charge < -0.3 is 18.5 Å². The first-order valence-electron chi connectivity index (χ1n) is 10.2. The topological polar surface area (TPSA) is 74.3 Å². The molecule has 0 aromatic carbocycles. The Morgan fingerprint density at radius 3 is 1.48 bits per heavy atom. The van der Waals surface area contributed by atoms with E-state index in [4.69, 9.17) is 18.5 Å². The van der Waals surface area contributed by atoms with E-state index in [1.54, 1.807) is 0 Å². The van der Waals surface area contributed by atoms with E-state index < -0.39 is 22.7 Å². The number of esters is 2. The van der Waals surface area contributed by atoms with Crippen LogP contribution in [-0.4, -0.2) is 54.1 Å². The van der Waals surface area contributed by atoms with Gasteiger partial charge in [-0.2, -0.15) is 0 Å². The van der Waals surface area contributed by atoms with Crippen molar-refractivity contribution >= 4 is 28.6 Å². The summed E-state index contributed by atoms with van der Waals surface area (Å²) in [6, 6.07) is -0.454. The maximum absolute atomic E-state index is 12.1. The van der Waals surface area contributed by atoms with Crippen LogP contribution in [0.15, 0.2) is 0 Å². The summed E-state index contributed by atoms with van der Waals surface area (Å²) in [6.07, 6.45) is 0.595. The summed E-state index contributed by atoms with van der Waals surface area (Å²) >= 11 is 0. The second-order valence-electron chi connectivity index (χ2n) is 10.5.